The van der Waals surface area contributed by atoms with Gasteiger partial charge in [-0.15, -0.1) is 11.3 Å². The highest BCUT2D eigenvalue weighted by molar-refractivity contribution is 7.12. The van der Waals surface area contributed by atoms with Crippen LogP contribution in [0.2, 0.25) is 0 Å². The van der Waals surface area contributed by atoms with Crippen LogP contribution in [0.4, 0.5) is 0 Å². The quantitative estimate of drug-likeness (QED) is 0.509. The average Bonchev–Trinajstić information content (AvgIpc) is 3.43. The predicted octanol–water partition coefficient (Wildman–Crippen LogP) is 4.72. The van der Waals surface area contributed by atoms with Crippen LogP contribution in [-0.2, 0) is 11.2 Å². The molecule has 2 amide bonds. The summed E-state index contributed by atoms with van der Waals surface area (Å²) < 4.78 is 10.6. The van der Waals surface area contributed by atoms with Crippen molar-refractivity contribution in [3.8, 4) is 11.5 Å². The molecular weight excluding hydrogens is 448 g/mol. The van der Waals surface area contributed by atoms with Gasteiger partial charge >= 0.3 is 0 Å². The SMILES string of the molecule is COc1ccc(CC(NC(=O)C2CCCN(C(=O)c3cccs3)C2)c2ccc(OC)cc2)cc1. The Labute approximate surface area is 204 Å². The third kappa shape index (κ3) is 5.78. The first-order valence-electron chi connectivity index (χ1n) is 11.5. The molecular formula is C27H30N2O4S. The van der Waals surface area contributed by atoms with Crippen molar-refractivity contribution in [2.75, 3.05) is 27.3 Å². The number of hydrogen-bond acceptors (Lipinski definition) is 5. The van der Waals surface area contributed by atoms with Crippen molar-refractivity contribution in [1.82, 2.24) is 10.2 Å². The summed E-state index contributed by atoms with van der Waals surface area (Å²) in [7, 11) is 3.28. The van der Waals surface area contributed by atoms with Crippen molar-refractivity contribution in [2.45, 2.75) is 25.3 Å². The first-order chi connectivity index (χ1) is 16.6. The van der Waals surface area contributed by atoms with E-state index in [1.165, 1.54) is 11.3 Å². The van der Waals surface area contributed by atoms with Crippen LogP contribution in [0.3, 0.4) is 0 Å². The largest absolute Gasteiger partial charge is 0.497 e. The lowest BCUT2D eigenvalue weighted by atomic mass is 9.94. The smallest absolute Gasteiger partial charge is 0.263 e. The molecule has 1 aliphatic heterocycles. The number of amides is 2. The molecule has 3 aromatic rings. The minimum Gasteiger partial charge on any atom is -0.497 e. The zero-order valence-electron chi connectivity index (χ0n) is 19.5. The molecule has 0 bridgehead atoms. The van der Waals surface area contributed by atoms with Crippen LogP contribution in [0.5, 0.6) is 11.5 Å². The highest BCUT2D eigenvalue weighted by Crippen LogP contribution is 2.25. The molecule has 2 unspecified atom stereocenters. The molecule has 2 aromatic carbocycles. The van der Waals surface area contributed by atoms with E-state index in [-0.39, 0.29) is 23.8 Å². The second kappa shape index (κ2) is 11.2. The van der Waals surface area contributed by atoms with Crippen LogP contribution < -0.4 is 14.8 Å². The third-order valence-corrected chi connectivity index (χ3v) is 7.10. The van der Waals surface area contributed by atoms with E-state index < -0.39 is 0 Å². The molecule has 1 aliphatic rings. The highest BCUT2D eigenvalue weighted by atomic mass is 32.1. The lowest BCUT2D eigenvalue weighted by molar-refractivity contribution is -0.127. The molecule has 4 rings (SSSR count). The molecule has 2 atom stereocenters. The van der Waals surface area contributed by atoms with Gasteiger partial charge < -0.3 is 19.7 Å². The second-order valence-corrected chi connectivity index (χ2v) is 9.40. The fraction of sp³-hybridized carbons (Fsp3) is 0.333. The molecule has 0 aliphatic carbocycles. The van der Waals surface area contributed by atoms with E-state index in [1.807, 2.05) is 70.9 Å². The summed E-state index contributed by atoms with van der Waals surface area (Å²) in [6, 6.07) is 19.2. The van der Waals surface area contributed by atoms with Crippen molar-refractivity contribution in [3.05, 3.63) is 82.0 Å². The maximum Gasteiger partial charge on any atom is 0.263 e. The van der Waals surface area contributed by atoms with E-state index >= 15 is 0 Å². The van der Waals surface area contributed by atoms with E-state index in [2.05, 4.69) is 5.32 Å². The van der Waals surface area contributed by atoms with Crippen LogP contribution in [0.25, 0.3) is 0 Å². The van der Waals surface area contributed by atoms with E-state index in [4.69, 9.17) is 9.47 Å². The first kappa shape index (κ1) is 23.8. The van der Waals surface area contributed by atoms with Crippen molar-refractivity contribution in [3.63, 3.8) is 0 Å². The first-order valence-corrected chi connectivity index (χ1v) is 12.4. The topological polar surface area (TPSA) is 67.9 Å². The van der Waals surface area contributed by atoms with Crippen LogP contribution in [0.1, 0.15) is 39.7 Å². The number of carbonyl (C=O) groups excluding carboxylic acids is 2. The van der Waals surface area contributed by atoms with Gasteiger partial charge in [-0.25, -0.2) is 0 Å². The zero-order chi connectivity index (χ0) is 23.9. The minimum absolute atomic E-state index is 0.0115. The Balaban J connectivity index is 1.48. The molecule has 1 N–H and O–H groups in total. The van der Waals surface area contributed by atoms with Crippen molar-refractivity contribution >= 4 is 23.2 Å². The summed E-state index contributed by atoms with van der Waals surface area (Å²) >= 11 is 1.44. The van der Waals surface area contributed by atoms with Gasteiger partial charge in [-0.3, -0.25) is 9.59 Å². The van der Waals surface area contributed by atoms with Gasteiger partial charge in [0.2, 0.25) is 5.91 Å². The van der Waals surface area contributed by atoms with Gasteiger partial charge in [-0.1, -0.05) is 30.3 Å². The van der Waals surface area contributed by atoms with Crippen molar-refractivity contribution in [1.29, 1.82) is 0 Å². The number of piperidine rings is 1. The number of nitrogens with one attached hydrogen (secondary N) is 1. The fourth-order valence-corrected chi connectivity index (χ4v) is 5.00. The molecule has 6 nitrogen and oxygen atoms in total. The van der Waals surface area contributed by atoms with E-state index in [9.17, 15) is 9.59 Å². The Morgan fingerprint density at radius 3 is 2.32 bits per heavy atom. The lowest BCUT2D eigenvalue weighted by Gasteiger charge is -2.33. The van der Waals surface area contributed by atoms with E-state index in [1.54, 1.807) is 14.2 Å². The third-order valence-electron chi connectivity index (χ3n) is 6.24. The second-order valence-electron chi connectivity index (χ2n) is 8.45. The molecule has 1 aromatic heterocycles. The number of thiophene rings is 1. The lowest BCUT2D eigenvalue weighted by Crippen LogP contribution is -2.46. The summed E-state index contributed by atoms with van der Waals surface area (Å²) in [5, 5.41) is 5.17. The van der Waals surface area contributed by atoms with Gasteiger partial charge in [-0.05, 0) is 66.1 Å². The number of benzene rings is 2. The Morgan fingerprint density at radius 1 is 1.03 bits per heavy atom. The normalized spacial score (nSPS) is 16.5. The molecule has 0 saturated carbocycles. The van der Waals surface area contributed by atoms with Crippen LogP contribution in [-0.4, -0.2) is 44.0 Å². The summed E-state index contributed by atoms with van der Waals surface area (Å²) in [5.41, 5.74) is 2.10. The molecule has 0 spiro atoms. The average molecular weight is 479 g/mol. The van der Waals surface area contributed by atoms with Gasteiger partial charge in [-0.2, -0.15) is 0 Å². The number of rotatable bonds is 8. The monoisotopic (exact) mass is 478 g/mol. The summed E-state index contributed by atoms with van der Waals surface area (Å²) in [6.07, 6.45) is 2.24. The number of likely N-dealkylation sites (tertiary alicyclic amines) is 1. The zero-order valence-corrected chi connectivity index (χ0v) is 20.3. The minimum atomic E-state index is -0.228. The van der Waals surface area contributed by atoms with E-state index in [0.29, 0.717) is 19.5 Å². The van der Waals surface area contributed by atoms with Crippen LogP contribution in [0, 0.1) is 5.92 Å². The van der Waals surface area contributed by atoms with Gasteiger partial charge in [0.05, 0.1) is 31.1 Å². The van der Waals surface area contributed by atoms with Gasteiger partial charge in [0.25, 0.3) is 5.91 Å². The Hall–Kier alpha value is -3.32. The van der Waals surface area contributed by atoms with Crippen LogP contribution >= 0.6 is 11.3 Å². The Morgan fingerprint density at radius 2 is 1.71 bits per heavy atom. The number of methoxy groups -OCH3 is 2. The molecule has 0 radical (unpaired) electrons. The molecule has 1 saturated heterocycles. The van der Waals surface area contributed by atoms with Crippen molar-refractivity contribution < 1.29 is 19.1 Å². The molecule has 1 fully saturated rings. The fourth-order valence-electron chi connectivity index (χ4n) is 4.31. The van der Waals surface area contributed by atoms with Crippen molar-refractivity contribution in [2.24, 2.45) is 5.92 Å². The molecule has 34 heavy (non-hydrogen) atoms. The molecule has 7 heteroatoms. The maximum absolute atomic E-state index is 13.4. The van der Waals surface area contributed by atoms with Crippen LogP contribution in [0.15, 0.2) is 66.0 Å². The summed E-state index contributed by atoms with van der Waals surface area (Å²) in [5.74, 6) is 1.34. The van der Waals surface area contributed by atoms with E-state index in [0.717, 1.165) is 40.3 Å². The highest BCUT2D eigenvalue weighted by Gasteiger charge is 2.30. The number of nitrogens with zero attached hydrogens (tertiary/aromatic N) is 1. The summed E-state index contributed by atoms with van der Waals surface area (Å²) in [6.45, 7) is 1.13. The van der Waals surface area contributed by atoms with Gasteiger partial charge in [0.15, 0.2) is 0 Å². The predicted molar refractivity (Wildman–Crippen MR) is 134 cm³/mol. The number of carbonyl (C=O) groups is 2. The number of hydrogen-bond donors (Lipinski definition) is 1. The van der Waals surface area contributed by atoms with Gasteiger partial charge in [0.1, 0.15) is 11.5 Å². The standard InChI is InChI=1S/C27H30N2O4S/c1-32-22-11-7-19(8-12-22)17-24(20-9-13-23(33-2)14-10-20)28-26(30)21-5-3-15-29(18-21)27(31)25-6-4-16-34-25/h4,6-14,16,21,24H,3,5,15,17-18H2,1-2H3,(H,28,30). The Bertz CT molecular complexity index is 1080. The summed E-state index contributed by atoms with van der Waals surface area (Å²) in [4.78, 5) is 28.7. The van der Waals surface area contributed by atoms with Gasteiger partial charge in [0, 0.05) is 13.1 Å². The number of ether oxygens (including phenoxy) is 2. The molecule has 178 valence electrons. The molecule has 2 heterocycles. The Kier molecular flexibility index (Phi) is 7.85. The maximum atomic E-state index is 13.4.